The third kappa shape index (κ3) is 4.89. The zero-order valence-corrected chi connectivity index (χ0v) is 13.6. The number of hydrogen-bond acceptors (Lipinski definition) is 9. The number of carbonyl (C=O) groups excluding carboxylic acids is 2. The maximum absolute atomic E-state index is 12.3. The Morgan fingerprint density at radius 2 is 2.24 bits per heavy atom. The molecule has 0 radical (unpaired) electrons. The Morgan fingerprint density at radius 1 is 1.56 bits per heavy atom. The molecule has 132 valence electrons. The van der Waals surface area contributed by atoms with Gasteiger partial charge in [0.1, 0.15) is 18.8 Å². The minimum absolute atomic E-state index is 0. The molecule has 2 rings (SSSR count). The molecule has 1 saturated heterocycles. The number of hydrogen-bond donors (Lipinski definition) is 3. The zero-order valence-electron chi connectivity index (χ0n) is 12.8. The second-order valence-corrected chi connectivity index (χ2v) is 5.61. The van der Waals surface area contributed by atoms with Crippen molar-refractivity contribution in [1.29, 1.82) is 0 Å². The standard InChI is InChI=1S/C12H15N5O6S.Na.H/c1-5-8(11(21)17(5)23-3-7(18)19)15-10(20)9(16-22-2)6-4-24-12(13)14-6;;/h4-5,8H,3H2,1-2H3,(H2,13,14)(H,15,20)(H,18,19);;/b16-9-;;/t5-,8-;;/m0../s1. The molecule has 0 unspecified atom stereocenters. The number of aliphatic carboxylic acids is 1. The number of nitrogen functional groups attached to an aromatic ring is 1. The molecule has 1 fully saturated rings. The molecule has 1 aliphatic rings. The van der Waals surface area contributed by atoms with E-state index in [0.717, 1.165) is 16.4 Å². The predicted octanol–water partition coefficient (Wildman–Crippen LogP) is -1.84. The molecule has 2 heterocycles. The summed E-state index contributed by atoms with van der Waals surface area (Å²) >= 11 is 1.12. The number of rotatable bonds is 7. The Morgan fingerprint density at radius 3 is 2.72 bits per heavy atom. The summed E-state index contributed by atoms with van der Waals surface area (Å²) in [7, 11) is 1.27. The Hall–Kier alpha value is -1.73. The molecule has 2 atom stereocenters. The van der Waals surface area contributed by atoms with Crippen LogP contribution in [0.3, 0.4) is 0 Å². The fraction of sp³-hybridized carbons (Fsp3) is 0.417. The number of β-lactam (4-membered cyclic amide) rings is 1. The van der Waals surface area contributed by atoms with E-state index < -0.39 is 36.5 Å². The van der Waals surface area contributed by atoms with E-state index in [9.17, 15) is 14.4 Å². The van der Waals surface area contributed by atoms with Crippen molar-refractivity contribution in [3.63, 3.8) is 0 Å². The van der Waals surface area contributed by atoms with Gasteiger partial charge in [-0.1, -0.05) is 5.16 Å². The molecule has 11 nitrogen and oxygen atoms in total. The third-order valence-corrected chi connectivity index (χ3v) is 3.79. The second kappa shape index (κ2) is 9.10. The van der Waals surface area contributed by atoms with Crippen molar-refractivity contribution in [3.8, 4) is 0 Å². The summed E-state index contributed by atoms with van der Waals surface area (Å²) in [6, 6.07) is -1.41. The molecule has 1 aliphatic heterocycles. The van der Waals surface area contributed by atoms with Crippen molar-refractivity contribution in [1.82, 2.24) is 15.4 Å². The van der Waals surface area contributed by atoms with Crippen LogP contribution in [0.1, 0.15) is 12.6 Å². The SMILES string of the molecule is CO/N=C(\C(=O)N[C@@H]1C(=O)N(OCC(=O)O)[C@H]1C)c1csc(N)n1.[NaH]. The van der Waals surface area contributed by atoms with Crippen LogP contribution in [0.15, 0.2) is 10.5 Å². The van der Waals surface area contributed by atoms with E-state index in [4.69, 9.17) is 15.7 Å². The van der Waals surface area contributed by atoms with E-state index >= 15 is 0 Å². The van der Waals surface area contributed by atoms with Gasteiger partial charge < -0.3 is 21.0 Å². The van der Waals surface area contributed by atoms with Crippen LogP contribution in [-0.4, -0.2) is 94.0 Å². The van der Waals surface area contributed by atoms with Gasteiger partial charge in [-0.2, -0.15) is 0 Å². The van der Waals surface area contributed by atoms with Gasteiger partial charge in [0, 0.05) is 5.38 Å². The monoisotopic (exact) mass is 381 g/mol. The Bertz CT molecular complexity index is 695. The van der Waals surface area contributed by atoms with Crippen LogP contribution in [0.2, 0.25) is 0 Å². The number of nitrogens with one attached hydrogen (secondary N) is 1. The predicted molar refractivity (Wildman–Crippen MR) is 89.0 cm³/mol. The first-order valence-electron chi connectivity index (χ1n) is 6.66. The molecule has 1 aromatic heterocycles. The van der Waals surface area contributed by atoms with Gasteiger partial charge in [0.15, 0.2) is 17.5 Å². The summed E-state index contributed by atoms with van der Waals surface area (Å²) in [4.78, 5) is 48.1. The van der Waals surface area contributed by atoms with Crippen LogP contribution in [-0.2, 0) is 24.1 Å². The molecule has 1 aromatic rings. The number of hydroxylamine groups is 2. The Labute approximate surface area is 168 Å². The van der Waals surface area contributed by atoms with Crippen LogP contribution < -0.4 is 11.1 Å². The summed E-state index contributed by atoms with van der Waals surface area (Å²) in [6.45, 7) is 0.952. The molecular formula is C12H16N5NaO6S. The third-order valence-electron chi connectivity index (χ3n) is 3.11. The molecule has 25 heavy (non-hydrogen) atoms. The van der Waals surface area contributed by atoms with Crippen LogP contribution in [0.5, 0.6) is 0 Å². The quantitative estimate of drug-likeness (QED) is 0.215. The topological polar surface area (TPSA) is 156 Å². The first-order chi connectivity index (χ1) is 11.3. The fourth-order valence-electron chi connectivity index (χ4n) is 1.99. The van der Waals surface area contributed by atoms with E-state index in [2.05, 4.69) is 20.3 Å². The average Bonchev–Trinajstić information content (AvgIpc) is 2.96. The fourth-order valence-corrected chi connectivity index (χ4v) is 2.54. The van der Waals surface area contributed by atoms with E-state index in [-0.39, 0.29) is 46.1 Å². The van der Waals surface area contributed by atoms with Crippen LogP contribution >= 0.6 is 11.3 Å². The number of aromatic nitrogens is 1. The Balaban J connectivity index is 0.00000312. The number of thiazole rings is 1. The zero-order chi connectivity index (χ0) is 17.9. The van der Waals surface area contributed by atoms with Crippen molar-refractivity contribution in [2.75, 3.05) is 19.5 Å². The van der Waals surface area contributed by atoms with E-state index in [1.54, 1.807) is 6.92 Å². The van der Waals surface area contributed by atoms with Gasteiger partial charge in [-0.3, -0.25) is 14.4 Å². The number of nitrogens with two attached hydrogens (primary N) is 1. The van der Waals surface area contributed by atoms with E-state index in [1.165, 1.54) is 12.5 Å². The number of nitrogens with zero attached hydrogens (tertiary/aromatic N) is 3. The van der Waals surface area contributed by atoms with Gasteiger partial charge >= 0.3 is 35.5 Å². The van der Waals surface area contributed by atoms with E-state index in [0.29, 0.717) is 0 Å². The average molecular weight is 381 g/mol. The van der Waals surface area contributed by atoms with Gasteiger partial charge in [0.25, 0.3) is 11.8 Å². The molecule has 0 aliphatic carbocycles. The minimum atomic E-state index is -1.21. The number of amides is 2. The van der Waals surface area contributed by atoms with Gasteiger partial charge in [-0.15, -0.1) is 11.3 Å². The number of carboxylic acids is 1. The molecule has 0 aromatic carbocycles. The first-order valence-corrected chi connectivity index (χ1v) is 7.54. The summed E-state index contributed by atoms with van der Waals surface area (Å²) in [5.41, 5.74) is 5.61. The normalized spacial score (nSPS) is 19.7. The van der Waals surface area contributed by atoms with E-state index in [1.807, 2.05) is 0 Å². The van der Waals surface area contributed by atoms with Crippen LogP contribution in [0, 0.1) is 0 Å². The van der Waals surface area contributed by atoms with Gasteiger partial charge in [-0.05, 0) is 6.92 Å². The molecule has 4 N–H and O–H groups in total. The Kier molecular flexibility index (Phi) is 7.76. The van der Waals surface area contributed by atoms with Crippen LogP contribution in [0.25, 0.3) is 0 Å². The molecule has 0 saturated carbocycles. The summed E-state index contributed by atoms with van der Waals surface area (Å²) in [5.74, 6) is -2.45. The first kappa shape index (κ1) is 21.3. The van der Waals surface area contributed by atoms with Gasteiger partial charge in [0.2, 0.25) is 0 Å². The molecule has 13 heteroatoms. The van der Waals surface area contributed by atoms with Crippen LogP contribution in [0.4, 0.5) is 5.13 Å². The van der Waals surface area contributed by atoms with Crippen molar-refractivity contribution in [2.24, 2.45) is 5.16 Å². The summed E-state index contributed by atoms with van der Waals surface area (Å²) in [5, 5.41) is 17.3. The molecule has 2 amide bonds. The van der Waals surface area contributed by atoms with Crippen molar-refractivity contribution >= 4 is 69.5 Å². The van der Waals surface area contributed by atoms with Crippen molar-refractivity contribution < 1.29 is 29.2 Å². The number of carbonyl (C=O) groups is 3. The van der Waals surface area contributed by atoms with Gasteiger partial charge in [0.05, 0.1) is 6.04 Å². The second-order valence-electron chi connectivity index (χ2n) is 4.72. The molecular weight excluding hydrogens is 365 g/mol. The number of anilines is 1. The number of oxime groups is 1. The maximum atomic E-state index is 12.3. The summed E-state index contributed by atoms with van der Waals surface area (Å²) in [6.07, 6.45) is 0. The van der Waals surface area contributed by atoms with Crippen molar-refractivity contribution in [3.05, 3.63) is 11.1 Å². The van der Waals surface area contributed by atoms with Gasteiger partial charge in [-0.25, -0.2) is 14.8 Å². The van der Waals surface area contributed by atoms with Crippen molar-refractivity contribution in [2.45, 2.75) is 19.0 Å². The summed E-state index contributed by atoms with van der Waals surface area (Å²) < 4.78 is 0. The molecule has 0 bridgehead atoms. The molecule has 0 spiro atoms. The number of carboxylic acid groups (broad SMARTS) is 1.